The smallest absolute Gasteiger partial charge is 0.130 e. The molecule has 0 saturated carbocycles. The maximum absolute atomic E-state index is 9.25. The van der Waals surface area contributed by atoms with Crippen LogP contribution in [0.2, 0.25) is 0 Å². The first kappa shape index (κ1) is 8.56. The van der Waals surface area contributed by atoms with Gasteiger partial charge >= 0.3 is 0 Å². The van der Waals surface area contributed by atoms with E-state index in [0.29, 0.717) is 4.47 Å². The Kier molecular flexibility index (Phi) is 2.52. The van der Waals surface area contributed by atoms with Crippen molar-refractivity contribution < 1.29 is 5.11 Å². The Bertz CT molecular complexity index is 260. The molecule has 0 spiro atoms. The van der Waals surface area contributed by atoms with Crippen LogP contribution in [-0.4, -0.2) is 5.11 Å². The number of phenols is 1. The van der Waals surface area contributed by atoms with Crippen LogP contribution >= 0.6 is 15.9 Å². The third-order valence-electron chi connectivity index (χ3n) is 1.50. The van der Waals surface area contributed by atoms with E-state index in [9.17, 15) is 5.11 Å². The maximum atomic E-state index is 9.25. The first-order valence-corrected chi connectivity index (χ1v) is 4.14. The van der Waals surface area contributed by atoms with E-state index >= 15 is 0 Å². The SMILES string of the molecule is CC(N)c1ccc(Br)c(O)c1. The summed E-state index contributed by atoms with van der Waals surface area (Å²) in [5.74, 6) is 0.236. The van der Waals surface area contributed by atoms with Crippen molar-refractivity contribution in [1.29, 1.82) is 0 Å². The molecule has 1 unspecified atom stereocenters. The summed E-state index contributed by atoms with van der Waals surface area (Å²) < 4.78 is 0.696. The van der Waals surface area contributed by atoms with Crippen molar-refractivity contribution in [2.24, 2.45) is 5.73 Å². The van der Waals surface area contributed by atoms with Crippen LogP contribution in [0.5, 0.6) is 5.75 Å². The van der Waals surface area contributed by atoms with E-state index in [-0.39, 0.29) is 11.8 Å². The average molecular weight is 216 g/mol. The van der Waals surface area contributed by atoms with E-state index < -0.39 is 0 Å². The molecule has 2 nitrogen and oxygen atoms in total. The summed E-state index contributed by atoms with van der Waals surface area (Å²) in [6.07, 6.45) is 0. The number of hydrogen-bond donors (Lipinski definition) is 2. The van der Waals surface area contributed by atoms with Gasteiger partial charge in [0.15, 0.2) is 0 Å². The number of phenolic OH excluding ortho intramolecular Hbond substituents is 1. The Hall–Kier alpha value is -0.540. The fourth-order valence-corrected chi connectivity index (χ4v) is 1.06. The Labute approximate surface area is 74.2 Å². The highest BCUT2D eigenvalue weighted by molar-refractivity contribution is 9.10. The van der Waals surface area contributed by atoms with Crippen molar-refractivity contribution in [1.82, 2.24) is 0 Å². The molecule has 0 amide bonds. The molecule has 0 saturated heterocycles. The zero-order valence-corrected chi connectivity index (χ0v) is 7.80. The van der Waals surface area contributed by atoms with Crippen LogP contribution in [-0.2, 0) is 0 Å². The molecule has 0 aliphatic heterocycles. The monoisotopic (exact) mass is 215 g/mol. The molecular weight excluding hydrogens is 206 g/mol. The van der Waals surface area contributed by atoms with E-state index in [0.717, 1.165) is 5.56 Å². The van der Waals surface area contributed by atoms with Crippen LogP contribution in [0.3, 0.4) is 0 Å². The lowest BCUT2D eigenvalue weighted by atomic mass is 10.1. The molecule has 11 heavy (non-hydrogen) atoms. The molecule has 0 bridgehead atoms. The quantitative estimate of drug-likeness (QED) is 0.755. The normalized spacial score (nSPS) is 13.0. The fourth-order valence-electron chi connectivity index (χ4n) is 0.813. The Morgan fingerprint density at radius 3 is 2.64 bits per heavy atom. The number of hydrogen-bond acceptors (Lipinski definition) is 2. The molecule has 1 aromatic rings. The van der Waals surface area contributed by atoms with Crippen LogP contribution in [0.4, 0.5) is 0 Å². The second-order valence-corrected chi connectivity index (χ2v) is 3.35. The van der Waals surface area contributed by atoms with Crippen LogP contribution in [0.25, 0.3) is 0 Å². The second kappa shape index (κ2) is 3.24. The maximum Gasteiger partial charge on any atom is 0.130 e. The van der Waals surface area contributed by atoms with Gasteiger partial charge < -0.3 is 10.8 Å². The Balaban J connectivity index is 3.05. The predicted molar refractivity (Wildman–Crippen MR) is 48.4 cm³/mol. The van der Waals surface area contributed by atoms with Gasteiger partial charge in [-0.1, -0.05) is 6.07 Å². The minimum Gasteiger partial charge on any atom is -0.507 e. The molecule has 0 aromatic heterocycles. The molecule has 0 fully saturated rings. The minimum atomic E-state index is -0.0333. The van der Waals surface area contributed by atoms with Gasteiger partial charge in [-0.05, 0) is 40.5 Å². The molecule has 0 aliphatic carbocycles. The fraction of sp³-hybridized carbons (Fsp3) is 0.250. The van der Waals surface area contributed by atoms with Gasteiger partial charge in [-0.3, -0.25) is 0 Å². The van der Waals surface area contributed by atoms with Gasteiger partial charge in [0.25, 0.3) is 0 Å². The van der Waals surface area contributed by atoms with Crippen molar-refractivity contribution in [3.63, 3.8) is 0 Å². The van der Waals surface area contributed by atoms with Gasteiger partial charge in [0.1, 0.15) is 5.75 Å². The summed E-state index contributed by atoms with van der Waals surface area (Å²) in [5.41, 5.74) is 6.54. The van der Waals surface area contributed by atoms with Gasteiger partial charge in [-0.25, -0.2) is 0 Å². The summed E-state index contributed by atoms with van der Waals surface area (Å²) in [6.45, 7) is 1.88. The van der Waals surface area contributed by atoms with Gasteiger partial charge in [-0.2, -0.15) is 0 Å². The standard InChI is InChI=1S/C8H10BrNO/c1-5(10)6-2-3-7(9)8(11)4-6/h2-5,11H,10H2,1H3. The summed E-state index contributed by atoms with van der Waals surface area (Å²) in [5, 5.41) is 9.25. The van der Waals surface area contributed by atoms with E-state index in [1.807, 2.05) is 13.0 Å². The highest BCUT2D eigenvalue weighted by Crippen LogP contribution is 2.26. The molecule has 0 heterocycles. The molecule has 1 rings (SSSR count). The molecule has 0 aliphatic rings. The van der Waals surface area contributed by atoms with Crippen molar-refractivity contribution in [2.75, 3.05) is 0 Å². The van der Waals surface area contributed by atoms with Gasteiger partial charge in [-0.15, -0.1) is 0 Å². The first-order valence-electron chi connectivity index (χ1n) is 3.35. The number of rotatable bonds is 1. The van der Waals surface area contributed by atoms with E-state index in [2.05, 4.69) is 15.9 Å². The summed E-state index contributed by atoms with van der Waals surface area (Å²) >= 11 is 3.19. The lowest BCUT2D eigenvalue weighted by Crippen LogP contribution is -2.04. The van der Waals surface area contributed by atoms with E-state index in [1.165, 1.54) is 0 Å². The third-order valence-corrected chi connectivity index (χ3v) is 2.17. The lowest BCUT2D eigenvalue weighted by molar-refractivity contribution is 0.470. The molecule has 60 valence electrons. The summed E-state index contributed by atoms with van der Waals surface area (Å²) in [4.78, 5) is 0. The Morgan fingerprint density at radius 2 is 2.18 bits per heavy atom. The largest absolute Gasteiger partial charge is 0.507 e. The first-order chi connectivity index (χ1) is 5.11. The highest BCUT2D eigenvalue weighted by Gasteiger charge is 2.02. The van der Waals surface area contributed by atoms with Gasteiger partial charge in [0, 0.05) is 6.04 Å². The zero-order chi connectivity index (χ0) is 8.43. The van der Waals surface area contributed by atoms with Crippen LogP contribution in [0.1, 0.15) is 18.5 Å². The lowest BCUT2D eigenvalue weighted by Gasteiger charge is -2.05. The topological polar surface area (TPSA) is 46.2 Å². The molecular formula is C8H10BrNO. The van der Waals surface area contributed by atoms with Crippen molar-refractivity contribution in [2.45, 2.75) is 13.0 Å². The molecule has 1 aromatic carbocycles. The minimum absolute atomic E-state index is 0.0333. The van der Waals surface area contributed by atoms with Crippen LogP contribution in [0, 0.1) is 0 Å². The molecule has 0 radical (unpaired) electrons. The van der Waals surface area contributed by atoms with Crippen LogP contribution in [0.15, 0.2) is 22.7 Å². The molecule has 1 atom stereocenters. The van der Waals surface area contributed by atoms with E-state index in [1.54, 1.807) is 12.1 Å². The second-order valence-electron chi connectivity index (χ2n) is 2.50. The predicted octanol–water partition coefficient (Wildman–Crippen LogP) is 2.17. The van der Waals surface area contributed by atoms with Crippen LogP contribution < -0.4 is 5.73 Å². The summed E-state index contributed by atoms with van der Waals surface area (Å²) in [6, 6.07) is 5.30. The number of benzene rings is 1. The van der Waals surface area contributed by atoms with Gasteiger partial charge in [0.05, 0.1) is 4.47 Å². The zero-order valence-electron chi connectivity index (χ0n) is 6.21. The number of halogens is 1. The van der Waals surface area contributed by atoms with Crippen molar-refractivity contribution in [3.8, 4) is 5.75 Å². The third kappa shape index (κ3) is 1.94. The van der Waals surface area contributed by atoms with Crippen molar-refractivity contribution in [3.05, 3.63) is 28.2 Å². The average Bonchev–Trinajstić information content (AvgIpc) is 1.94. The highest BCUT2D eigenvalue weighted by atomic mass is 79.9. The molecule has 3 heteroatoms. The summed E-state index contributed by atoms with van der Waals surface area (Å²) in [7, 11) is 0. The van der Waals surface area contributed by atoms with Crippen molar-refractivity contribution >= 4 is 15.9 Å². The van der Waals surface area contributed by atoms with Gasteiger partial charge in [0.2, 0.25) is 0 Å². The molecule has 3 N–H and O–H groups in total. The number of aromatic hydroxyl groups is 1. The number of nitrogens with two attached hydrogens (primary N) is 1. The Morgan fingerprint density at radius 1 is 1.55 bits per heavy atom. The van der Waals surface area contributed by atoms with E-state index in [4.69, 9.17) is 5.73 Å².